The number of rotatable bonds is 5. The molecule has 0 saturated carbocycles. The molecule has 0 spiro atoms. The van der Waals surface area contributed by atoms with E-state index >= 15 is 0 Å². The van der Waals surface area contributed by atoms with E-state index in [9.17, 15) is 4.79 Å². The summed E-state index contributed by atoms with van der Waals surface area (Å²) in [7, 11) is 1.84. The van der Waals surface area contributed by atoms with E-state index in [1.807, 2.05) is 17.3 Å². The summed E-state index contributed by atoms with van der Waals surface area (Å²) in [6.45, 7) is 0.800. The van der Waals surface area contributed by atoms with Crippen molar-refractivity contribution in [2.75, 3.05) is 24.6 Å². The van der Waals surface area contributed by atoms with Gasteiger partial charge in [-0.25, -0.2) is 4.98 Å². The predicted octanol–water partition coefficient (Wildman–Crippen LogP) is 3.10. The Labute approximate surface area is 136 Å². The van der Waals surface area contributed by atoms with Crippen LogP contribution in [0.3, 0.4) is 0 Å². The van der Waals surface area contributed by atoms with Gasteiger partial charge in [0.15, 0.2) is 0 Å². The average Bonchev–Trinajstić information content (AvgIpc) is 2.86. The Balaban J connectivity index is 1.95. The lowest BCUT2D eigenvalue weighted by Gasteiger charge is -2.16. The molecule has 0 saturated heterocycles. The van der Waals surface area contributed by atoms with Crippen LogP contribution in [0.4, 0.5) is 11.4 Å². The van der Waals surface area contributed by atoms with Gasteiger partial charge in [0.2, 0.25) is 5.91 Å². The molecular weight excluding hydrogens is 331 g/mol. The maximum absolute atomic E-state index is 12.0. The molecule has 2 rings (SSSR count). The Kier molecular flexibility index (Phi) is 5.41. The SMILES string of the molecule is CN(CC(=O)Nc1c(Cl)cc(N)cc1Cl)Cc1cscn1. The second-order valence-corrected chi connectivity index (χ2v) is 6.09. The van der Waals surface area contributed by atoms with Crippen molar-refractivity contribution in [2.45, 2.75) is 6.54 Å². The van der Waals surface area contributed by atoms with Crippen molar-refractivity contribution in [3.63, 3.8) is 0 Å². The highest BCUT2D eigenvalue weighted by Gasteiger charge is 2.13. The van der Waals surface area contributed by atoms with Crippen LogP contribution in [0.1, 0.15) is 5.69 Å². The van der Waals surface area contributed by atoms with E-state index in [4.69, 9.17) is 28.9 Å². The number of hydrogen-bond acceptors (Lipinski definition) is 5. The fourth-order valence-electron chi connectivity index (χ4n) is 1.78. The third-order valence-electron chi connectivity index (χ3n) is 2.66. The molecular formula is C13H14Cl2N4OS. The third-order valence-corrected chi connectivity index (χ3v) is 3.89. The number of nitrogens with zero attached hydrogens (tertiary/aromatic N) is 2. The van der Waals surface area contributed by atoms with Crippen LogP contribution >= 0.6 is 34.5 Å². The quantitative estimate of drug-likeness (QED) is 0.817. The van der Waals surface area contributed by atoms with E-state index in [2.05, 4.69) is 10.3 Å². The maximum atomic E-state index is 12.0. The van der Waals surface area contributed by atoms with Crippen molar-refractivity contribution in [3.05, 3.63) is 38.8 Å². The first-order chi connectivity index (χ1) is 9.95. The number of benzene rings is 1. The Morgan fingerprint density at radius 2 is 2.10 bits per heavy atom. The summed E-state index contributed by atoms with van der Waals surface area (Å²) in [6.07, 6.45) is 0. The van der Waals surface area contributed by atoms with E-state index in [0.29, 0.717) is 28.0 Å². The molecule has 0 radical (unpaired) electrons. The first-order valence-corrected chi connectivity index (χ1v) is 7.75. The van der Waals surface area contributed by atoms with Crippen LogP contribution in [0.5, 0.6) is 0 Å². The lowest BCUT2D eigenvalue weighted by molar-refractivity contribution is -0.117. The van der Waals surface area contributed by atoms with Crippen LogP contribution in [0, 0.1) is 0 Å². The molecule has 8 heteroatoms. The van der Waals surface area contributed by atoms with Crippen molar-refractivity contribution >= 4 is 51.8 Å². The van der Waals surface area contributed by atoms with Crippen molar-refractivity contribution in [3.8, 4) is 0 Å². The van der Waals surface area contributed by atoms with Gasteiger partial charge in [0.1, 0.15) is 0 Å². The van der Waals surface area contributed by atoms with Crippen LogP contribution in [-0.2, 0) is 11.3 Å². The molecule has 0 atom stereocenters. The minimum absolute atomic E-state index is 0.203. The molecule has 1 heterocycles. The summed E-state index contributed by atoms with van der Waals surface area (Å²) in [5, 5.41) is 5.28. The number of likely N-dealkylation sites (N-methyl/N-ethyl adjacent to an activating group) is 1. The standard InChI is InChI=1S/C13H14Cl2N4OS/c1-19(4-9-6-21-7-17-9)5-12(20)18-13-10(14)2-8(16)3-11(13)15/h2-3,6-7H,4-5,16H2,1H3,(H,18,20). The Morgan fingerprint density at radius 3 is 2.67 bits per heavy atom. The smallest absolute Gasteiger partial charge is 0.238 e. The summed E-state index contributed by atoms with van der Waals surface area (Å²) < 4.78 is 0. The zero-order valence-corrected chi connectivity index (χ0v) is 13.6. The van der Waals surface area contributed by atoms with Crippen molar-refractivity contribution in [1.29, 1.82) is 0 Å². The van der Waals surface area contributed by atoms with Gasteiger partial charge in [-0.2, -0.15) is 0 Å². The lowest BCUT2D eigenvalue weighted by atomic mass is 10.2. The molecule has 0 aliphatic rings. The molecule has 0 aliphatic heterocycles. The highest BCUT2D eigenvalue weighted by molar-refractivity contribution is 7.07. The number of nitrogens with one attached hydrogen (secondary N) is 1. The summed E-state index contributed by atoms with van der Waals surface area (Å²) in [5.41, 5.74) is 9.13. The number of amides is 1. The summed E-state index contributed by atoms with van der Waals surface area (Å²) >= 11 is 13.6. The Morgan fingerprint density at radius 1 is 1.43 bits per heavy atom. The second-order valence-electron chi connectivity index (χ2n) is 4.56. The van der Waals surface area contributed by atoms with Gasteiger partial charge in [-0.3, -0.25) is 9.69 Å². The molecule has 0 fully saturated rings. The maximum Gasteiger partial charge on any atom is 0.238 e. The number of nitrogens with two attached hydrogens (primary N) is 1. The number of aromatic nitrogens is 1. The van der Waals surface area contributed by atoms with Crippen molar-refractivity contribution in [1.82, 2.24) is 9.88 Å². The van der Waals surface area contributed by atoms with Gasteiger partial charge in [-0.1, -0.05) is 23.2 Å². The van der Waals surface area contributed by atoms with Crippen LogP contribution in [0.25, 0.3) is 0 Å². The fourth-order valence-corrected chi connectivity index (χ4v) is 2.93. The minimum atomic E-state index is -0.207. The van der Waals surface area contributed by atoms with E-state index in [0.717, 1.165) is 5.69 Å². The Hall–Kier alpha value is -1.34. The van der Waals surface area contributed by atoms with Gasteiger partial charge in [-0.15, -0.1) is 11.3 Å². The molecule has 1 amide bonds. The van der Waals surface area contributed by atoms with E-state index < -0.39 is 0 Å². The van der Waals surface area contributed by atoms with Crippen LogP contribution < -0.4 is 11.1 Å². The summed E-state index contributed by atoms with van der Waals surface area (Å²) in [4.78, 5) is 18.0. The molecule has 1 aromatic heterocycles. The van der Waals surface area contributed by atoms with Gasteiger partial charge in [-0.05, 0) is 19.2 Å². The first kappa shape index (κ1) is 16.0. The first-order valence-electron chi connectivity index (χ1n) is 6.05. The van der Waals surface area contributed by atoms with Gasteiger partial charge in [0, 0.05) is 17.6 Å². The molecule has 0 aliphatic carbocycles. The van der Waals surface area contributed by atoms with Gasteiger partial charge < -0.3 is 11.1 Å². The van der Waals surface area contributed by atoms with Crippen LogP contribution in [0.15, 0.2) is 23.0 Å². The molecule has 5 nitrogen and oxygen atoms in total. The van der Waals surface area contributed by atoms with Crippen LogP contribution in [-0.4, -0.2) is 29.4 Å². The molecule has 0 unspecified atom stereocenters. The summed E-state index contributed by atoms with van der Waals surface area (Å²) in [6, 6.07) is 3.09. The normalized spacial score (nSPS) is 10.9. The monoisotopic (exact) mass is 344 g/mol. The van der Waals surface area contributed by atoms with Gasteiger partial charge in [0.25, 0.3) is 0 Å². The number of anilines is 2. The van der Waals surface area contributed by atoms with Crippen LogP contribution in [0.2, 0.25) is 10.0 Å². The Bertz CT molecular complexity index is 610. The number of carbonyl (C=O) groups is 1. The van der Waals surface area contributed by atoms with E-state index in [1.165, 1.54) is 11.3 Å². The molecule has 3 N–H and O–H groups in total. The molecule has 21 heavy (non-hydrogen) atoms. The number of nitrogen functional groups attached to an aromatic ring is 1. The van der Waals surface area contributed by atoms with Crippen molar-refractivity contribution in [2.24, 2.45) is 0 Å². The molecule has 1 aromatic carbocycles. The molecule has 0 bridgehead atoms. The molecule has 2 aromatic rings. The highest BCUT2D eigenvalue weighted by atomic mass is 35.5. The zero-order valence-electron chi connectivity index (χ0n) is 11.3. The topological polar surface area (TPSA) is 71.2 Å². The number of hydrogen-bond donors (Lipinski definition) is 2. The zero-order chi connectivity index (χ0) is 15.4. The highest BCUT2D eigenvalue weighted by Crippen LogP contribution is 2.32. The second kappa shape index (κ2) is 7.09. The molecule has 112 valence electrons. The minimum Gasteiger partial charge on any atom is -0.399 e. The fraction of sp³-hybridized carbons (Fsp3) is 0.231. The number of halogens is 2. The summed E-state index contributed by atoms with van der Waals surface area (Å²) in [5.74, 6) is -0.207. The largest absolute Gasteiger partial charge is 0.399 e. The third kappa shape index (κ3) is 4.57. The average molecular weight is 345 g/mol. The van der Waals surface area contributed by atoms with Gasteiger partial charge in [0.05, 0.1) is 33.5 Å². The number of carbonyl (C=O) groups excluding carboxylic acids is 1. The van der Waals surface area contributed by atoms with Crippen molar-refractivity contribution < 1.29 is 4.79 Å². The predicted molar refractivity (Wildman–Crippen MR) is 88.0 cm³/mol. The van der Waals surface area contributed by atoms with E-state index in [1.54, 1.807) is 17.6 Å². The van der Waals surface area contributed by atoms with E-state index in [-0.39, 0.29) is 12.5 Å². The van der Waals surface area contributed by atoms with Gasteiger partial charge >= 0.3 is 0 Å². The number of thiazole rings is 1. The lowest BCUT2D eigenvalue weighted by Crippen LogP contribution is -2.30.